The molecule has 0 amide bonds. The van der Waals surface area contributed by atoms with Crippen molar-refractivity contribution in [3.63, 3.8) is 0 Å². The topological polar surface area (TPSA) is 65.5 Å². The van der Waals surface area contributed by atoms with Gasteiger partial charge in [0.15, 0.2) is 0 Å². The van der Waals surface area contributed by atoms with Gasteiger partial charge in [-0.05, 0) is 36.0 Å². The molecular formula is C14H9Cl2NO4S. The summed E-state index contributed by atoms with van der Waals surface area (Å²) in [6, 6.07) is 9.36. The minimum atomic E-state index is -0.908. The van der Waals surface area contributed by atoms with Gasteiger partial charge in [0.05, 0.1) is 17.2 Å². The predicted molar refractivity (Wildman–Crippen MR) is 83.9 cm³/mol. The average Bonchev–Trinajstić information content (AvgIpc) is 2.51. The van der Waals surface area contributed by atoms with E-state index in [9.17, 15) is 9.59 Å². The Morgan fingerprint density at radius 3 is 2.59 bits per heavy atom. The van der Waals surface area contributed by atoms with Crippen molar-refractivity contribution in [2.75, 3.05) is 7.11 Å². The molecule has 0 aliphatic carbocycles. The van der Waals surface area contributed by atoms with Gasteiger partial charge in [-0.2, -0.15) is 0 Å². The molecule has 0 radical (unpaired) electrons. The second-order valence-corrected chi connectivity index (χ2v) is 5.74. The summed E-state index contributed by atoms with van der Waals surface area (Å²) in [7, 11) is 1.18. The number of ether oxygens (including phenoxy) is 2. The maximum Gasteiger partial charge on any atom is 0.514 e. The molecule has 1 aromatic carbocycles. The van der Waals surface area contributed by atoms with Crippen molar-refractivity contribution in [1.29, 1.82) is 0 Å². The number of hydrogen-bond donors (Lipinski definition) is 0. The molecule has 114 valence electrons. The number of nitrogens with zero attached hydrogens (tertiary/aromatic N) is 1. The number of carbonyl (C=O) groups is 2. The van der Waals surface area contributed by atoms with Gasteiger partial charge in [-0.1, -0.05) is 29.3 Å². The molecule has 0 saturated heterocycles. The summed E-state index contributed by atoms with van der Waals surface area (Å²) in [5.74, 6) is -0.0209. The van der Waals surface area contributed by atoms with Gasteiger partial charge in [0.1, 0.15) is 5.69 Å². The first-order chi connectivity index (χ1) is 10.5. The number of thioether (sulfide) groups is 1. The van der Waals surface area contributed by atoms with Crippen LogP contribution in [0.15, 0.2) is 41.3 Å². The van der Waals surface area contributed by atoms with Crippen LogP contribution in [0.1, 0.15) is 10.5 Å². The summed E-state index contributed by atoms with van der Waals surface area (Å²) in [5.41, 5.74) is 0.137. The summed E-state index contributed by atoms with van der Waals surface area (Å²) in [5, 5.41) is 0.439. The number of benzene rings is 1. The van der Waals surface area contributed by atoms with Crippen LogP contribution in [0.2, 0.25) is 10.0 Å². The molecule has 0 aliphatic heterocycles. The molecule has 0 atom stereocenters. The first kappa shape index (κ1) is 16.6. The lowest BCUT2D eigenvalue weighted by atomic mass is 10.4. The summed E-state index contributed by atoms with van der Waals surface area (Å²) in [6.45, 7) is 0. The lowest BCUT2D eigenvalue weighted by Gasteiger charge is -2.04. The van der Waals surface area contributed by atoms with E-state index in [1.54, 1.807) is 24.3 Å². The normalized spacial score (nSPS) is 10.1. The van der Waals surface area contributed by atoms with E-state index in [-0.39, 0.29) is 16.7 Å². The fourth-order valence-corrected chi connectivity index (χ4v) is 2.52. The third kappa shape index (κ3) is 4.37. The number of hydrogen-bond acceptors (Lipinski definition) is 6. The van der Waals surface area contributed by atoms with E-state index >= 15 is 0 Å². The zero-order chi connectivity index (χ0) is 16.1. The van der Waals surface area contributed by atoms with Gasteiger partial charge in [0.2, 0.25) is 11.0 Å². The van der Waals surface area contributed by atoms with Gasteiger partial charge in [-0.25, -0.2) is 9.78 Å². The maximum absolute atomic E-state index is 12.2. The van der Waals surface area contributed by atoms with Crippen LogP contribution in [0.3, 0.4) is 0 Å². The SMILES string of the molecule is COC(=O)Oc1cccc(C(=O)Sc2ccc(Cl)c(Cl)c2)n1. The molecule has 2 rings (SSSR count). The zero-order valence-corrected chi connectivity index (χ0v) is 13.5. The number of carbonyl (C=O) groups excluding carboxylic acids is 2. The highest BCUT2D eigenvalue weighted by Crippen LogP contribution is 2.29. The monoisotopic (exact) mass is 357 g/mol. The Bertz CT molecular complexity index is 724. The smallest absolute Gasteiger partial charge is 0.437 e. The third-order valence-corrected chi connectivity index (χ3v) is 4.01. The van der Waals surface area contributed by atoms with Crippen LogP contribution in [0, 0.1) is 0 Å². The Kier molecular flexibility index (Phi) is 5.65. The van der Waals surface area contributed by atoms with Crippen molar-refractivity contribution in [1.82, 2.24) is 4.98 Å². The maximum atomic E-state index is 12.2. The van der Waals surface area contributed by atoms with Crippen molar-refractivity contribution in [3.05, 3.63) is 52.1 Å². The molecule has 0 unspecified atom stereocenters. The van der Waals surface area contributed by atoms with E-state index in [2.05, 4.69) is 9.72 Å². The van der Waals surface area contributed by atoms with Crippen molar-refractivity contribution in [2.24, 2.45) is 0 Å². The molecule has 0 fully saturated rings. The van der Waals surface area contributed by atoms with E-state index in [4.69, 9.17) is 27.9 Å². The molecule has 8 heteroatoms. The third-order valence-electron chi connectivity index (χ3n) is 2.39. The van der Waals surface area contributed by atoms with Crippen molar-refractivity contribution >= 4 is 46.2 Å². The lowest BCUT2D eigenvalue weighted by molar-refractivity contribution is 0.107. The number of rotatable bonds is 3. The first-order valence-electron chi connectivity index (χ1n) is 5.89. The van der Waals surface area contributed by atoms with E-state index in [0.29, 0.717) is 14.9 Å². The second-order valence-electron chi connectivity index (χ2n) is 3.88. The van der Waals surface area contributed by atoms with E-state index < -0.39 is 6.16 Å². The number of pyridine rings is 1. The molecule has 2 aromatic rings. The second kappa shape index (κ2) is 7.49. The first-order valence-corrected chi connectivity index (χ1v) is 7.47. The standard InChI is InChI=1S/C14H9Cl2NO4S/c1-20-14(19)21-12-4-2-3-11(17-12)13(18)22-8-5-6-9(15)10(16)7-8/h2-7H,1H3. The molecule has 0 N–H and O–H groups in total. The van der Waals surface area contributed by atoms with Crippen molar-refractivity contribution < 1.29 is 19.1 Å². The highest BCUT2D eigenvalue weighted by molar-refractivity contribution is 8.14. The van der Waals surface area contributed by atoms with Crippen molar-refractivity contribution in [2.45, 2.75) is 4.90 Å². The molecular weight excluding hydrogens is 349 g/mol. The average molecular weight is 358 g/mol. The van der Waals surface area contributed by atoms with Crippen molar-refractivity contribution in [3.8, 4) is 5.88 Å². The molecule has 5 nitrogen and oxygen atoms in total. The predicted octanol–water partition coefficient (Wildman–Crippen LogP) is 4.47. The molecule has 0 bridgehead atoms. The van der Waals surface area contributed by atoms with Gasteiger partial charge in [0.25, 0.3) is 0 Å². The molecule has 0 saturated carbocycles. The number of halogens is 2. The molecule has 22 heavy (non-hydrogen) atoms. The quantitative estimate of drug-likeness (QED) is 0.596. The van der Waals surface area contributed by atoms with Gasteiger partial charge in [0, 0.05) is 11.0 Å². The summed E-state index contributed by atoms with van der Waals surface area (Å²) >= 11 is 12.7. The van der Waals surface area contributed by atoms with E-state index in [0.717, 1.165) is 11.8 Å². The molecule has 1 aromatic heterocycles. The van der Waals surface area contributed by atoms with Gasteiger partial charge in [-0.3, -0.25) is 4.79 Å². The number of aromatic nitrogens is 1. The molecule has 0 spiro atoms. The largest absolute Gasteiger partial charge is 0.514 e. The Balaban J connectivity index is 2.13. The highest BCUT2D eigenvalue weighted by atomic mass is 35.5. The fourth-order valence-electron chi connectivity index (χ4n) is 1.41. The van der Waals surface area contributed by atoms with Crippen LogP contribution in [-0.2, 0) is 4.74 Å². The molecule has 0 aliphatic rings. The Labute approximate surface area is 140 Å². The highest BCUT2D eigenvalue weighted by Gasteiger charge is 2.13. The van der Waals surface area contributed by atoms with Gasteiger partial charge in [-0.15, -0.1) is 0 Å². The van der Waals surface area contributed by atoms with Gasteiger partial charge < -0.3 is 9.47 Å². The van der Waals surface area contributed by atoms with Crippen LogP contribution in [0.4, 0.5) is 4.79 Å². The van der Waals surface area contributed by atoms with E-state index in [1.165, 1.54) is 19.2 Å². The van der Waals surface area contributed by atoms with E-state index in [1.807, 2.05) is 0 Å². The minimum absolute atomic E-state index is 0.0209. The Morgan fingerprint density at radius 1 is 1.14 bits per heavy atom. The fraction of sp³-hybridized carbons (Fsp3) is 0.0714. The Hall–Kier alpha value is -1.76. The number of methoxy groups -OCH3 is 1. The van der Waals surface area contributed by atoms with Crippen LogP contribution in [0.5, 0.6) is 5.88 Å². The summed E-state index contributed by atoms with van der Waals surface area (Å²) < 4.78 is 9.12. The summed E-state index contributed by atoms with van der Waals surface area (Å²) in [6.07, 6.45) is -0.908. The lowest BCUT2D eigenvalue weighted by Crippen LogP contribution is -2.09. The van der Waals surface area contributed by atoms with Crippen LogP contribution >= 0.6 is 35.0 Å². The van der Waals surface area contributed by atoms with Crippen LogP contribution in [-0.4, -0.2) is 23.4 Å². The summed E-state index contributed by atoms with van der Waals surface area (Å²) in [4.78, 5) is 27.8. The molecule has 1 heterocycles. The van der Waals surface area contributed by atoms with Crippen LogP contribution < -0.4 is 4.74 Å². The Morgan fingerprint density at radius 2 is 1.91 bits per heavy atom. The zero-order valence-electron chi connectivity index (χ0n) is 11.2. The minimum Gasteiger partial charge on any atom is -0.437 e. The van der Waals surface area contributed by atoms with Gasteiger partial charge >= 0.3 is 6.16 Å². The van der Waals surface area contributed by atoms with Crippen LogP contribution in [0.25, 0.3) is 0 Å².